The summed E-state index contributed by atoms with van der Waals surface area (Å²) in [5, 5.41) is 3.03. The molecule has 0 atom stereocenters. The van der Waals surface area contributed by atoms with Crippen LogP contribution in [-0.2, 0) is 12.6 Å². The normalized spacial score (nSPS) is 18.2. The third-order valence-corrected chi connectivity index (χ3v) is 3.29. The van der Waals surface area contributed by atoms with Crippen LogP contribution < -0.4 is 5.32 Å². The van der Waals surface area contributed by atoms with Crippen LogP contribution in [0.3, 0.4) is 0 Å². The Bertz CT molecular complexity index is 421. The number of likely N-dealkylation sites (N-methyl/N-ethyl adjacent to an activating group) is 1. The number of nitrogens with one attached hydrogen (secondary N) is 1. The van der Waals surface area contributed by atoms with E-state index in [2.05, 4.69) is 5.32 Å². The molecule has 1 saturated carbocycles. The van der Waals surface area contributed by atoms with Gasteiger partial charge >= 0.3 is 6.18 Å². The van der Waals surface area contributed by atoms with Crippen LogP contribution >= 0.6 is 0 Å². The van der Waals surface area contributed by atoms with Gasteiger partial charge in [-0.15, -0.1) is 0 Å². The van der Waals surface area contributed by atoms with E-state index in [0.29, 0.717) is 12.5 Å². The Labute approximate surface area is 96.8 Å². The monoisotopic (exact) mass is 247 g/mol. The van der Waals surface area contributed by atoms with Crippen LogP contribution in [0, 0.1) is 5.82 Å². The first-order chi connectivity index (χ1) is 7.86. The number of hydrogen-bond acceptors (Lipinski definition) is 1. The molecule has 1 N–H and O–H groups in total. The summed E-state index contributed by atoms with van der Waals surface area (Å²) in [6.07, 6.45) is -2.49. The molecule has 94 valence electrons. The Morgan fingerprint density at radius 3 is 2.41 bits per heavy atom. The maximum absolute atomic E-state index is 12.9. The maximum Gasteiger partial charge on any atom is 0.416 e. The van der Waals surface area contributed by atoms with Gasteiger partial charge in [0.25, 0.3) is 0 Å². The molecule has 1 nitrogen and oxygen atoms in total. The van der Waals surface area contributed by atoms with E-state index in [-0.39, 0.29) is 11.1 Å². The second-order valence-electron chi connectivity index (χ2n) is 4.51. The van der Waals surface area contributed by atoms with E-state index in [0.717, 1.165) is 18.9 Å². The van der Waals surface area contributed by atoms with Crippen molar-refractivity contribution < 1.29 is 17.6 Å². The van der Waals surface area contributed by atoms with Crippen LogP contribution in [0.15, 0.2) is 18.2 Å². The Hall–Kier alpha value is -1.10. The van der Waals surface area contributed by atoms with E-state index < -0.39 is 17.6 Å². The molecule has 0 amide bonds. The summed E-state index contributed by atoms with van der Waals surface area (Å²) in [6, 6.07) is 2.88. The Morgan fingerprint density at radius 1 is 1.29 bits per heavy atom. The molecule has 1 aromatic rings. The number of rotatable bonds is 3. The summed E-state index contributed by atoms with van der Waals surface area (Å²) in [4.78, 5) is 0. The van der Waals surface area contributed by atoms with Crippen molar-refractivity contribution in [2.24, 2.45) is 0 Å². The van der Waals surface area contributed by atoms with Crippen molar-refractivity contribution in [3.63, 3.8) is 0 Å². The molecule has 0 radical (unpaired) electrons. The predicted octanol–water partition coefficient (Wildman–Crippen LogP) is 3.14. The average Bonchev–Trinajstić information content (AvgIpc) is 3.00. The first-order valence-electron chi connectivity index (χ1n) is 5.41. The molecule has 1 aromatic carbocycles. The zero-order chi connectivity index (χ0) is 12.7. The highest BCUT2D eigenvalue weighted by atomic mass is 19.4. The molecule has 2 rings (SSSR count). The molecular formula is C12H13F4N. The van der Waals surface area contributed by atoms with Crippen molar-refractivity contribution >= 4 is 0 Å². The van der Waals surface area contributed by atoms with Gasteiger partial charge in [-0.2, -0.15) is 13.2 Å². The van der Waals surface area contributed by atoms with Crippen molar-refractivity contribution in [2.75, 3.05) is 7.05 Å². The van der Waals surface area contributed by atoms with Crippen LogP contribution in [0.5, 0.6) is 0 Å². The van der Waals surface area contributed by atoms with Gasteiger partial charge in [-0.05, 0) is 44.0 Å². The predicted molar refractivity (Wildman–Crippen MR) is 56.1 cm³/mol. The molecule has 1 fully saturated rings. The fourth-order valence-electron chi connectivity index (χ4n) is 2.00. The summed E-state index contributed by atoms with van der Waals surface area (Å²) in [7, 11) is 1.74. The summed E-state index contributed by atoms with van der Waals surface area (Å²) in [5.41, 5.74) is -0.928. The lowest BCUT2D eigenvalue weighted by Gasteiger charge is -2.18. The highest BCUT2D eigenvalue weighted by Crippen LogP contribution is 2.41. The number of alkyl halides is 3. The van der Waals surface area contributed by atoms with Crippen LogP contribution in [0.4, 0.5) is 17.6 Å². The minimum Gasteiger partial charge on any atom is -0.314 e. The van der Waals surface area contributed by atoms with Crippen LogP contribution in [0.1, 0.15) is 24.0 Å². The van der Waals surface area contributed by atoms with Crippen molar-refractivity contribution in [2.45, 2.75) is 31.0 Å². The lowest BCUT2D eigenvalue weighted by atomic mass is 9.98. The second-order valence-corrected chi connectivity index (χ2v) is 4.51. The summed E-state index contributed by atoms with van der Waals surface area (Å²) >= 11 is 0. The lowest BCUT2D eigenvalue weighted by molar-refractivity contribution is -0.138. The highest BCUT2D eigenvalue weighted by Gasteiger charge is 2.43. The molecule has 0 saturated heterocycles. The van der Waals surface area contributed by atoms with Crippen LogP contribution in [0.2, 0.25) is 0 Å². The fourth-order valence-corrected chi connectivity index (χ4v) is 2.00. The fraction of sp³-hybridized carbons (Fsp3) is 0.500. The molecule has 1 aliphatic carbocycles. The molecule has 5 heteroatoms. The Balaban J connectivity index is 2.33. The van der Waals surface area contributed by atoms with E-state index in [9.17, 15) is 17.6 Å². The summed E-state index contributed by atoms with van der Waals surface area (Å²) in [5.74, 6) is -0.852. The minimum atomic E-state index is -4.50. The molecule has 0 aromatic heterocycles. The highest BCUT2D eigenvalue weighted by molar-refractivity contribution is 5.33. The first kappa shape index (κ1) is 12.4. The topological polar surface area (TPSA) is 12.0 Å². The molecule has 0 heterocycles. The Morgan fingerprint density at radius 2 is 1.94 bits per heavy atom. The largest absolute Gasteiger partial charge is 0.416 e. The number of hydrogen-bond donors (Lipinski definition) is 1. The van der Waals surface area contributed by atoms with Crippen molar-refractivity contribution in [1.29, 1.82) is 0 Å². The van der Waals surface area contributed by atoms with Crippen molar-refractivity contribution in [3.05, 3.63) is 35.1 Å². The first-order valence-corrected chi connectivity index (χ1v) is 5.41. The molecule has 1 aliphatic rings. The molecule has 0 unspecified atom stereocenters. The SMILES string of the molecule is CNC1(Cc2ccc(F)cc2C(F)(F)F)CC1. The minimum absolute atomic E-state index is 0.158. The van der Waals surface area contributed by atoms with Crippen molar-refractivity contribution in [3.8, 4) is 0 Å². The van der Waals surface area contributed by atoms with Gasteiger partial charge in [0.1, 0.15) is 5.82 Å². The van der Waals surface area contributed by atoms with Crippen LogP contribution in [-0.4, -0.2) is 12.6 Å². The van der Waals surface area contributed by atoms with Crippen LogP contribution in [0.25, 0.3) is 0 Å². The number of halogens is 4. The average molecular weight is 247 g/mol. The molecule has 17 heavy (non-hydrogen) atoms. The van der Waals surface area contributed by atoms with Gasteiger partial charge in [-0.25, -0.2) is 4.39 Å². The van der Waals surface area contributed by atoms with Gasteiger partial charge in [0.15, 0.2) is 0 Å². The van der Waals surface area contributed by atoms with Gasteiger partial charge in [0.05, 0.1) is 5.56 Å². The van der Waals surface area contributed by atoms with E-state index in [1.165, 1.54) is 6.07 Å². The van der Waals surface area contributed by atoms with Gasteiger partial charge in [0, 0.05) is 5.54 Å². The van der Waals surface area contributed by atoms with E-state index >= 15 is 0 Å². The maximum atomic E-state index is 12.9. The zero-order valence-electron chi connectivity index (χ0n) is 9.37. The van der Waals surface area contributed by atoms with E-state index in [4.69, 9.17) is 0 Å². The Kier molecular flexibility index (Phi) is 2.89. The van der Waals surface area contributed by atoms with E-state index in [1.54, 1.807) is 7.05 Å². The quantitative estimate of drug-likeness (QED) is 0.809. The third-order valence-electron chi connectivity index (χ3n) is 3.29. The second kappa shape index (κ2) is 3.98. The third kappa shape index (κ3) is 2.60. The molecule has 0 spiro atoms. The van der Waals surface area contributed by atoms with Gasteiger partial charge < -0.3 is 5.32 Å². The lowest BCUT2D eigenvalue weighted by Crippen LogP contribution is -2.30. The summed E-state index contributed by atoms with van der Waals surface area (Å²) < 4.78 is 51.1. The zero-order valence-corrected chi connectivity index (χ0v) is 9.37. The number of benzene rings is 1. The molecule has 0 aliphatic heterocycles. The summed E-state index contributed by atoms with van der Waals surface area (Å²) in [6.45, 7) is 0. The molecular weight excluding hydrogens is 234 g/mol. The van der Waals surface area contributed by atoms with Gasteiger partial charge in [-0.3, -0.25) is 0 Å². The van der Waals surface area contributed by atoms with Gasteiger partial charge in [-0.1, -0.05) is 6.07 Å². The van der Waals surface area contributed by atoms with Crippen molar-refractivity contribution in [1.82, 2.24) is 5.32 Å². The molecule has 0 bridgehead atoms. The van der Waals surface area contributed by atoms with E-state index in [1.807, 2.05) is 0 Å². The standard InChI is InChI=1S/C12H13F4N/c1-17-11(4-5-11)7-8-2-3-9(13)6-10(8)12(14,15)16/h2-3,6,17H,4-5,7H2,1H3. The van der Waals surface area contributed by atoms with Gasteiger partial charge in [0.2, 0.25) is 0 Å². The smallest absolute Gasteiger partial charge is 0.314 e.